The Morgan fingerprint density at radius 3 is 2.61 bits per heavy atom. The van der Waals surface area contributed by atoms with Crippen LogP contribution in [0.2, 0.25) is 0 Å². The summed E-state index contributed by atoms with van der Waals surface area (Å²) in [6.45, 7) is 0.712. The number of thiol groups is 1. The minimum absolute atomic E-state index is 0.0357. The van der Waals surface area contributed by atoms with Gasteiger partial charge in [-0.3, -0.25) is 0 Å². The highest BCUT2D eigenvalue weighted by Crippen LogP contribution is 2.29. The van der Waals surface area contributed by atoms with E-state index in [4.69, 9.17) is 9.47 Å². The summed E-state index contributed by atoms with van der Waals surface area (Å²) in [4.78, 5) is 10.7. The third-order valence-electron chi connectivity index (χ3n) is 4.91. The molecule has 162 valence electrons. The van der Waals surface area contributed by atoms with Crippen LogP contribution in [0, 0.1) is 17.5 Å². The summed E-state index contributed by atoms with van der Waals surface area (Å²) in [6.07, 6.45) is 2.34. The van der Waals surface area contributed by atoms with Crippen molar-refractivity contribution in [2.75, 3.05) is 18.1 Å². The summed E-state index contributed by atoms with van der Waals surface area (Å²) in [6, 6.07) is 12.5. The summed E-state index contributed by atoms with van der Waals surface area (Å²) < 4.78 is 51.6. The van der Waals surface area contributed by atoms with E-state index in [1.807, 2.05) is 35.2 Å². The van der Waals surface area contributed by atoms with E-state index in [1.165, 1.54) is 0 Å². The van der Waals surface area contributed by atoms with Crippen LogP contribution in [0.4, 0.5) is 19.0 Å². The highest BCUT2D eigenvalue weighted by atomic mass is 32.1. The minimum Gasteiger partial charge on any atom is -0.424 e. The molecule has 3 aromatic rings. The number of halogens is 3. The molecule has 31 heavy (non-hydrogen) atoms. The maximum Gasteiger partial charge on any atom is 0.323 e. The Labute approximate surface area is 183 Å². The Bertz CT molecular complexity index is 1040. The van der Waals surface area contributed by atoms with Gasteiger partial charge >= 0.3 is 6.01 Å². The number of hydrogen-bond donors (Lipinski definition) is 1. The molecule has 4 rings (SSSR count). The highest BCUT2D eigenvalue weighted by Gasteiger charge is 2.31. The summed E-state index contributed by atoms with van der Waals surface area (Å²) in [5, 5.41) is 0.0991. The second-order valence-corrected chi connectivity index (χ2v) is 7.91. The van der Waals surface area contributed by atoms with Crippen LogP contribution >= 0.6 is 12.6 Å². The first-order valence-electron chi connectivity index (χ1n) is 9.71. The van der Waals surface area contributed by atoms with Crippen LogP contribution in [-0.4, -0.2) is 34.4 Å². The van der Waals surface area contributed by atoms with Crippen molar-refractivity contribution in [3.63, 3.8) is 0 Å². The Morgan fingerprint density at radius 2 is 1.81 bits per heavy atom. The van der Waals surface area contributed by atoms with Gasteiger partial charge in [0.25, 0.3) is 0 Å². The number of hydrogen-bond acceptors (Lipinski definition) is 6. The predicted molar refractivity (Wildman–Crippen MR) is 113 cm³/mol. The number of nitrogens with zero attached hydrogens (tertiary/aromatic N) is 3. The average Bonchev–Trinajstić information content (AvgIpc) is 3.13. The van der Waals surface area contributed by atoms with Crippen molar-refractivity contribution >= 4 is 18.4 Å². The van der Waals surface area contributed by atoms with Crippen LogP contribution in [0.25, 0.3) is 0 Å². The van der Waals surface area contributed by atoms with E-state index in [1.54, 1.807) is 12.3 Å². The maximum absolute atomic E-state index is 13.8. The largest absolute Gasteiger partial charge is 0.424 e. The molecule has 1 fully saturated rings. The number of rotatable bonds is 7. The normalized spacial score (nSPS) is 18.4. The van der Waals surface area contributed by atoms with E-state index in [-0.39, 0.29) is 36.1 Å². The Morgan fingerprint density at radius 1 is 1.03 bits per heavy atom. The molecular weight excluding hydrogens is 427 g/mol. The lowest BCUT2D eigenvalue weighted by molar-refractivity contribution is 0.106. The van der Waals surface area contributed by atoms with E-state index in [2.05, 4.69) is 22.6 Å². The number of benzene rings is 2. The second kappa shape index (κ2) is 9.57. The molecule has 0 N–H and O–H groups in total. The zero-order valence-corrected chi connectivity index (χ0v) is 17.3. The minimum atomic E-state index is -1.22. The van der Waals surface area contributed by atoms with Gasteiger partial charge in [-0.15, -0.1) is 0 Å². The van der Waals surface area contributed by atoms with Crippen molar-refractivity contribution in [3.05, 3.63) is 77.7 Å². The lowest BCUT2D eigenvalue weighted by Gasteiger charge is -2.25. The van der Waals surface area contributed by atoms with Crippen molar-refractivity contribution in [1.29, 1.82) is 0 Å². The molecule has 1 aliphatic heterocycles. The van der Waals surface area contributed by atoms with Crippen LogP contribution in [0.1, 0.15) is 12.0 Å². The van der Waals surface area contributed by atoms with Crippen LogP contribution in [-0.2, 0) is 11.3 Å². The molecule has 1 saturated heterocycles. The number of aromatic nitrogens is 2. The molecule has 2 atom stereocenters. The third kappa shape index (κ3) is 5.29. The van der Waals surface area contributed by atoms with Gasteiger partial charge in [0.1, 0.15) is 17.4 Å². The van der Waals surface area contributed by atoms with Crippen molar-refractivity contribution in [2.45, 2.75) is 24.3 Å². The molecule has 0 saturated carbocycles. The number of para-hydroxylation sites is 1. The average molecular weight is 447 g/mol. The van der Waals surface area contributed by atoms with E-state index in [0.29, 0.717) is 24.2 Å². The predicted octanol–water partition coefficient (Wildman–Crippen LogP) is 4.78. The maximum atomic E-state index is 13.8. The molecule has 0 amide bonds. The molecule has 0 aliphatic carbocycles. The van der Waals surface area contributed by atoms with Gasteiger partial charge in [-0.1, -0.05) is 18.2 Å². The summed E-state index contributed by atoms with van der Waals surface area (Å²) in [5.74, 6) is -1.89. The molecular formula is C22H20F3N3O2S. The molecule has 0 radical (unpaired) electrons. The lowest BCUT2D eigenvalue weighted by atomic mass is 10.2. The second-order valence-electron chi connectivity index (χ2n) is 7.18. The first-order valence-corrected chi connectivity index (χ1v) is 10.2. The van der Waals surface area contributed by atoms with E-state index < -0.39 is 17.5 Å². The van der Waals surface area contributed by atoms with E-state index >= 15 is 0 Å². The fourth-order valence-corrected chi connectivity index (χ4v) is 3.86. The smallest absolute Gasteiger partial charge is 0.323 e. The van der Waals surface area contributed by atoms with Gasteiger partial charge in [-0.25, -0.2) is 18.2 Å². The summed E-state index contributed by atoms with van der Waals surface area (Å²) in [5.41, 5.74) is -0.0357. The van der Waals surface area contributed by atoms with Gasteiger partial charge in [-0.2, -0.15) is 17.6 Å². The van der Waals surface area contributed by atoms with Crippen LogP contribution < -0.4 is 9.64 Å². The molecule has 2 aromatic carbocycles. The van der Waals surface area contributed by atoms with Crippen LogP contribution in [0.15, 0.2) is 54.7 Å². The van der Waals surface area contributed by atoms with Crippen LogP contribution in [0.5, 0.6) is 11.8 Å². The quantitative estimate of drug-likeness (QED) is 0.417. The first kappa shape index (κ1) is 21.5. The molecule has 2 heterocycles. The Hall–Kier alpha value is -2.78. The standard InChI is InChI=1S/C22H20F3N3O2S/c23-18-10-20(25)19(24)8-14(18)12-29-13-15-9-17(31)11-28(15)21-6-7-26-22(27-21)30-16-4-2-1-3-5-16/h1-8,10,15,17,31H,9,11-13H2. The molecule has 0 spiro atoms. The van der Waals surface area contributed by atoms with Gasteiger partial charge in [0.05, 0.1) is 19.3 Å². The van der Waals surface area contributed by atoms with E-state index in [9.17, 15) is 13.2 Å². The van der Waals surface area contributed by atoms with Gasteiger partial charge < -0.3 is 14.4 Å². The van der Waals surface area contributed by atoms with Crippen molar-refractivity contribution in [3.8, 4) is 11.8 Å². The highest BCUT2D eigenvalue weighted by molar-refractivity contribution is 7.81. The molecule has 5 nitrogen and oxygen atoms in total. The lowest BCUT2D eigenvalue weighted by Crippen LogP contribution is -2.34. The Kier molecular flexibility index (Phi) is 6.62. The summed E-state index contributed by atoms with van der Waals surface area (Å²) >= 11 is 4.58. The van der Waals surface area contributed by atoms with E-state index in [0.717, 1.165) is 12.5 Å². The molecule has 9 heteroatoms. The van der Waals surface area contributed by atoms with Crippen LogP contribution in [0.3, 0.4) is 0 Å². The van der Waals surface area contributed by atoms with Gasteiger partial charge in [-0.05, 0) is 30.7 Å². The summed E-state index contributed by atoms with van der Waals surface area (Å²) in [7, 11) is 0. The molecule has 2 unspecified atom stereocenters. The fourth-order valence-electron chi connectivity index (χ4n) is 3.44. The van der Waals surface area contributed by atoms with Gasteiger partial charge in [0, 0.05) is 29.6 Å². The van der Waals surface area contributed by atoms with Crippen molar-refractivity contribution < 1.29 is 22.6 Å². The zero-order chi connectivity index (χ0) is 21.8. The number of ether oxygens (including phenoxy) is 2. The molecule has 1 aromatic heterocycles. The fraction of sp³-hybridized carbons (Fsp3) is 0.273. The monoisotopic (exact) mass is 447 g/mol. The zero-order valence-electron chi connectivity index (χ0n) is 16.4. The topological polar surface area (TPSA) is 47.5 Å². The molecule has 1 aliphatic rings. The van der Waals surface area contributed by atoms with Gasteiger partial charge in [0.15, 0.2) is 11.6 Å². The van der Waals surface area contributed by atoms with Crippen molar-refractivity contribution in [1.82, 2.24) is 9.97 Å². The molecule has 0 bridgehead atoms. The number of anilines is 1. The van der Waals surface area contributed by atoms with Gasteiger partial charge in [0.2, 0.25) is 0 Å². The van der Waals surface area contributed by atoms with Crippen molar-refractivity contribution in [2.24, 2.45) is 0 Å². The first-order chi connectivity index (χ1) is 15.0. The third-order valence-corrected chi connectivity index (χ3v) is 5.29. The Balaban J connectivity index is 1.42. The SMILES string of the molecule is Fc1cc(F)c(COCC2CC(S)CN2c2ccnc(Oc3ccccc3)n2)cc1F.